The Balaban J connectivity index is 1.07. The van der Waals surface area contributed by atoms with E-state index in [2.05, 4.69) is 145 Å². The Morgan fingerprint density at radius 2 is 0.780 bits per heavy atom. The highest BCUT2D eigenvalue weighted by Gasteiger charge is 2.13. The van der Waals surface area contributed by atoms with Gasteiger partial charge in [0.05, 0.1) is 16.9 Å². The minimum Gasteiger partial charge on any atom is -0.256 e. The van der Waals surface area contributed by atoms with E-state index in [-0.39, 0.29) is 0 Å². The standard InChI is InChI=1S/C47H31N3/c1-3-11-35(12-4-1)44-31-45(50-47(49-44)38-13-5-2-6-14-38)36-28-26-33(27-29-36)40-18-9-20-42-39(17-8-21-43(40)42)32-22-24-34(25-23-32)41-19-7-15-37-16-10-30-48-46(37)41/h1-31H. The third-order valence-corrected chi connectivity index (χ3v) is 9.38. The first-order valence-corrected chi connectivity index (χ1v) is 16.9. The number of para-hydroxylation sites is 1. The van der Waals surface area contributed by atoms with Crippen molar-refractivity contribution in [1.29, 1.82) is 0 Å². The molecule has 0 fully saturated rings. The fourth-order valence-corrected chi connectivity index (χ4v) is 6.87. The molecule has 9 rings (SSSR count). The molecule has 0 amide bonds. The minimum absolute atomic E-state index is 0.717. The number of rotatable bonds is 6. The molecule has 0 bridgehead atoms. The average Bonchev–Trinajstić information content (AvgIpc) is 3.21. The van der Waals surface area contributed by atoms with Crippen molar-refractivity contribution in [1.82, 2.24) is 15.0 Å². The summed E-state index contributed by atoms with van der Waals surface area (Å²) in [7, 11) is 0. The van der Waals surface area contributed by atoms with Crippen LogP contribution in [-0.4, -0.2) is 15.0 Å². The van der Waals surface area contributed by atoms with Crippen LogP contribution in [0.3, 0.4) is 0 Å². The van der Waals surface area contributed by atoms with E-state index in [1.165, 1.54) is 27.5 Å². The first-order chi connectivity index (χ1) is 24.8. The zero-order valence-corrected chi connectivity index (χ0v) is 27.2. The predicted octanol–water partition coefficient (Wildman–Crippen LogP) is 12.2. The van der Waals surface area contributed by atoms with E-state index in [9.17, 15) is 0 Å². The molecule has 0 radical (unpaired) electrons. The number of nitrogens with zero attached hydrogens (tertiary/aromatic N) is 3. The van der Waals surface area contributed by atoms with E-state index in [4.69, 9.17) is 9.97 Å². The molecule has 0 aliphatic heterocycles. The van der Waals surface area contributed by atoms with E-state index in [1.54, 1.807) is 0 Å². The molecule has 0 aliphatic carbocycles. The lowest BCUT2D eigenvalue weighted by Crippen LogP contribution is -1.95. The largest absolute Gasteiger partial charge is 0.256 e. The van der Waals surface area contributed by atoms with E-state index in [0.29, 0.717) is 0 Å². The highest BCUT2D eigenvalue weighted by atomic mass is 14.9. The van der Waals surface area contributed by atoms with Crippen LogP contribution in [0.2, 0.25) is 0 Å². The SMILES string of the molecule is c1ccc(-c2cc(-c3ccc(-c4cccc5c(-c6ccc(-c7cccc8cccnc78)cc6)cccc45)cc3)nc(-c3ccccc3)n2)cc1. The van der Waals surface area contributed by atoms with Crippen molar-refractivity contribution in [2.75, 3.05) is 0 Å². The molecule has 2 aromatic heterocycles. The van der Waals surface area contributed by atoms with Crippen LogP contribution < -0.4 is 0 Å². The van der Waals surface area contributed by atoms with Crippen molar-refractivity contribution in [3.05, 3.63) is 188 Å². The molecule has 3 nitrogen and oxygen atoms in total. The summed E-state index contributed by atoms with van der Waals surface area (Å²) in [5.41, 5.74) is 13.0. The molecule has 0 N–H and O–H groups in total. The van der Waals surface area contributed by atoms with Gasteiger partial charge in [0.2, 0.25) is 0 Å². The van der Waals surface area contributed by atoms with Crippen LogP contribution in [0.15, 0.2) is 188 Å². The summed E-state index contributed by atoms with van der Waals surface area (Å²) in [6.07, 6.45) is 1.86. The van der Waals surface area contributed by atoms with Crippen molar-refractivity contribution < 1.29 is 0 Å². The van der Waals surface area contributed by atoms with Gasteiger partial charge < -0.3 is 0 Å². The maximum atomic E-state index is 5.02. The summed E-state index contributed by atoms with van der Waals surface area (Å²) in [4.78, 5) is 14.6. The number of aromatic nitrogens is 3. The fourth-order valence-electron chi connectivity index (χ4n) is 6.87. The summed E-state index contributed by atoms with van der Waals surface area (Å²) >= 11 is 0. The van der Waals surface area contributed by atoms with Gasteiger partial charge in [0, 0.05) is 33.8 Å². The fraction of sp³-hybridized carbons (Fsp3) is 0. The first-order valence-electron chi connectivity index (χ1n) is 16.9. The molecule has 0 unspecified atom stereocenters. The molecule has 0 atom stereocenters. The summed E-state index contributed by atoms with van der Waals surface area (Å²) in [5, 5.41) is 3.60. The third kappa shape index (κ3) is 5.51. The van der Waals surface area contributed by atoms with Gasteiger partial charge >= 0.3 is 0 Å². The molecule has 0 spiro atoms. The number of hydrogen-bond donors (Lipinski definition) is 0. The Labute approximate surface area is 291 Å². The monoisotopic (exact) mass is 637 g/mol. The summed E-state index contributed by atoms with van der Waals surface area (Å²) in [6, 6.07) is 63.8. The lowest BCUT2D eigenvalue weighted by Gasteiger charge is -2.13. The number of pyridine rings is 1. The predicted molar refractivity (Wildman–Crippen MR) is 207 cm³/mol. The van der Waals surface area contributed by atoms with Crippen LogP contribution >= 0.6 is 0 Å². The lowest BCUT2D eigenvalue weighted by molar-refractivity contribution is 1.18. The third-order valence-electron chi connectivity index (χ3n) is 9.38. The van der Waals surface area contributed by atoms with Crippen molar-refractivity contribution in [2.24, 2.45) is 0 Å². The van der Waals surface area contributed by atoms with Crippen LogP contribution in [-0.2, 0) is 0 Å². The second-order valence-corrected chi connectivity index (χ2v) is 12.4. The molecule has 9 aromatic rings. The Kier molecular flexibility index (Phi) is 7.49. The van der Waals surface area contributed by atoms with Gasteiger partial charge in [-0.25, -0.2) is 9.97 Å². The topological polar surface area (TPSA) is 38.7 Å². The van der Waals surface area contributed by atoms with Gasteiger partial charge in [-0.15, -0.1) is 0 Å². The molecule has 0 aliphatic rings. The van der Waals surface area contributed by atoms with Gasteiger partial charge in [-0.1, -0.05) is 170 Å². The maximum absolute atomic E-state index is 5.02. The minimum atomic E-state index is 0.717. The first kappa shape index (κ1) is 29.4. The van der Waals surface area contributed by atoms with Gasteiger partial charge in [-0.2, -0.15) is 0 Å². The molecule has 234 valence electrons. The highest BCUT2D eigenvalue weighted by Crippen LogP contribution is 2.37. The molecule has 3 heteroatoms. The Morgan fingerprint density at radius 1 is 0.320 bits per heavy atom. The second kappa shape index (κ2) is 12.7. The highest BCUT2D eigenvalue weighted by molar-refractivity contribution is 6.05. The molecule has 7 aromatic carbocycles. The molecule has 0 saturated carbocycles. The second-order valence-electron chi connectivity index (χ2n) is 12.4. The molecule has 50 heavy (non-hydrogen) atoms. The molecular formula is C47H31N3. The number of benzene rings is 7. The lowest BCUT2D eigenvalue weighted by atomic mass is 9.91. The Morgan fingerprint density at radius 3 is 1.38 bits per heavy atom. The normalized spacial score (nSPS) is 11.2. The van der Waals surface area contributed by atoms with E-state index in [0.717, 1.165) is 61.5 Å². The smallest absolute Gasteiger partial charge is 0.160 e. The zero-order valence-electron chi connectivity index (χ0n) is 27.2. The summed E-state index contributed by atoms with van der Waals surface area (Å²) in [5.74, 6) is 0.717. The van der Waals surface area contributed by atoms with Crippen molar-refractivity contribution >= 4 is 21.7 Å². The van der Waals surface area contributed by atoms with Gasteiger partial charge in [-0.3, -0.25) is 4.98 Å². The summed E-state index contributed by atoms with van der Waals surface area (Å²) in [6.45, 7) is 0. The Bertz CT molecular complexity index is 2550. The quantitative estimate of drug-likeness (QED) is 0.182. The van der Waals surface area contributed by atoms with Crippen molar-refractivity contribution in [3.63, 3.8) is 0 Å². The number of hydrogen-bond acceptors (Lipinski definition) is 3. The average molecular weight is 638 g/mol. The van der Waals surface area contributed by atoms with E-state index in [1.807, 2.05) is 48.7 Å². The van der Waals surface area contributed by atoms with E-state index >= 15 is 0 Å². The molecule has 2 heterocycles. The molecular weight excluding hydrogens is 607 g/mol. The van der Waals surface area contributed by atoms with Gasteiger partial charge in [0.1, 0.15) is 0 Å². The van der Waals surface area contributed by atoms with Gasteiger partial charge in [0.25, 0.3) is 0 Å². The zero-order chi connectivity index (χ0) is 33.3. The van der Waals surface area contributed by atoms with Crippen LogP contribution in [0.25, 0.3) is 89.0 Å². The van der Waals surface area contributed by atoms with Gasteiger partial charge in [-0.05, 0) is 50.7 Å². The van der Waals surface area contributed by atoms with Crippen LogP contribution in [0.5, 0.6) is 0 Å². The van der Waals surface area contributed by atoms with Crippen LogP contribution in [0.4, 0.5) is 0 Å². The molecule has 0 saturated heterocycles. The van der Waals surface area contributed by atoms with Crippen LogP contribution in [0.1, 0.15) is 0 Å². The summed E-state index contributed by atoms with van der Waals surface area (Å²) < 4.78 is 0. The number of fused-ring (bicyclic) bond motifs is 2. The maximum Gasteiger partial charge on any atom is 0.160 e. The van der Waals surface area contributed by atoms with Crippen molar-refractivity contribution in [2.45, 2.75) is 0 Å². The van der Waals surface area contributed by atoms with Gasteiger partial charge in [0.15, 0.2) is 5.82 Å². The Hall–Kier alpha value is -6.71. The van der Waals surface area contributed by atoms with E-state index < -0.39 is 0 Å². The van der Waals surface area contributed by atoms with Crippen LogP contribution in [0, 0.1) is 0 Å². The van der Waals surface area contributed by atoms with Crippen molar-refractivity contribution in [3.8, 4) is 67.3 Å².